The molecule has 0 fully saturated rings. The Morgan fingerprint density at radius 2 is 2.07 bits per heavy atom. The molecule has 1 nitrogen and oxygen atoms in total. The molecule has 1 aromatic rings. The summed E-state index contributed by atoms with van der Waals surface area (Å²) in [5.74, 6) is 0. The molecule has 72 valence electrons. The van der Waals surface area contributed by atoms with Crippen LogP contribution in [-0.2, 0) is 0 Å². The lowest BCUT2D eigenvalue weighted by molar-refractivity contribution is 0.976. The molecule has 1 N–H and O–H groups in total. The third-order valence-corrected chi connectivity index (χ3v) is 2.90. The quantitative estimate of drug-likeness (QED) is 0.772. The highest BCUT2D eigenvalue weighted by atomic mass is 35.5. The van der Waals surface area contributed by atoms with E-state index in [-0.39, 0.29) is 0 Å². The van der Waals surface area contributed by atoms with Crippen LogP contribution >= 0.6 is 23.2 Å². The minimum absolute atomic E-state index is 0.594. The maximum Gasteiger partial charge on any atom is 0.0670 e. The Hall–Kier alpha value is -0.920. The number of nitrogens with one attached hydrogen (secondary N) is 1. The summed E-state index contributed by atoms with van der Waals surface area (Å²) in [6.45, 7) is 0.828. The molecule has 0 saturated carbocycles. The second kappa shape index (κ2) is 4.07. The van der Waals surface area contributed by atoms with E-state index in [1.54, 1.807) is 6.07 Å². The average molecular weight is 226 g/mol. The maximum atomic E-state index is 6.10. The van der Waals surface area contributed by atoms with Gasteiger partial charge in [0.15, 0.2) is 0 Å². The number of halogens is 2. The number of allylic oxidation sites excluding steroid dienone is 2. The van der Waals surface area contributed by atoms with Gasteiger partial charge in [-0.2, -0.15) is 0 Å². The van der Waals surface area contributed by atoms with Crippen molar-refractivity contribution in [3.05, 3.63) is 52.2 Å². The van der Waals surface area contributed by atoms with E-state index in [4.69, 9.17) is 23.2 Å². The molecule has 0 unspecified atom stereocenters. The third kappa shape index (κ3) is 1.79. The first-order chi connectivity index (χ1) is 6.79. The number of benzene rings is 1. The molecule has 2 rings (SSSR count). The van der Waals surface area contributed by atoms with Crippen LogP contribution in [0.15, 0.2) is 36.6 Å². The van der Waals surface area contributed by atoms with Crippen LogP contribution in [0.5, 0.6) is 0 Å². The lowest BCUT2D eigenvalue weighted by Crippen LogP contribution is -2.08. The molecule has 0 radical (unpaired) electrons. The predicted octanol–water partition coefficient (Wildman–Crippen LogP) is 3.49. The molecular formula is C11H9Cl2N. The van der Waals surface area contributed by atoms with E-state index >= 15 is 0 Å². The molecule has 3 heteroatoms. The summed E-state index contributed by atoms with van der Waals surface area (Å²) in [4.78, 5) is 0. The highest BCUT2D eigenvalue weighted by molar-refractivity contribution is 6.43. The third-order valence-electron chi connectivity index (χ3n) is 2.08. The average Bonchev–Trinajstić information content (AvgIpc) is 2.23. The summed E-state index contributed by atoms with van der Waals surface area (Å²) in [5.41, 5.74) is 2.09. The fourth-order valence-electron chi connectivity index (χ4n) is 1.38. The Balaban J connectivity index is 2.46. The van der Waals surface area contributed by atoms with Gasteiger partial charge in [-0.1, -0.05) is 41.4 Å². The molecule has 0 aliphatic carbocycles. The topological polar surface area (TPSA) is 12.0 Å². The zero-order valence-corrected chi connectivity index (χ0v) is 8.94. The van der Waals surface area contributed by atoms with E-state index in [0.29, 0.717) is 10.0 Å². The molecule has 1 aliphatic heterocycles. The van der Waals surface area contributed by atoms with E-state index in [1.165, 1.54) is 0 Å². The minimum Gasteiger partial charge on any atom is -0.387 e. The lowest BCUT2D eigenvalue weighted by Gasteiger charge is -2.10. The van der Waals surface area contributed by atoms with Gasteiger partial charge in [-0.25, -0.2) is 0 Å². The standard InChI is InChI=1S/C11H9Cl2N/c12-10-3-1-2-9(11(10)13)8-4-6-14-7-5-8/h1-6,14H,7H2. The van der Waals surface area contributed by atoms with Gasteiger partial charge in [-0.05, 0) is 23.9 Å². The smallest absolute Gasteiger partial charge is 0.0670 e. The normalized spacial score (nSPS) is 14.9. The maximum absolute atomic E-state index is 6.10. The molecule has 0 saturated heterocycles. The zero-order valence-electron chi connectivity index (χ0n) is 7.43. The summed E-state index contributed by atoms with van der Waals surface area (Å²) in [6, 6.07) is 5.66. The molecule has 1 aromatic carbocycles. The van der Waals surface area contributed by atoms with E-state index in [1.807, 2.05) is 24.4 Å². The summed E-state index contributed by atoms with van der Waals surface area (Å²) < 4.78 is 0. The fraction of sp³-hybridized carbons (Fsp3) is 0.0909. The van der Waals surface area contributed by atoms with Crippen LogP contribution < -0.4 is 5.32 Å². The summed E-state index contributed by atoms with van der Waals surface area (Å²) in [7, 11) is 0. The Morgan fingerprint density at radius 3 is 2.79 bits per heavy atom. The van der Waals surface area contributed by atoms with Gasteiger partial charge < -0.3 is 5.32 Å². The zero-order chi connectivity index (χ0) is 9.97. The van der Waals surface area contributed by atoms with Crippen LogP contribution in [0.1, 0.15) is 5.56 Å². The van der Waals surface area contributed by atoms with E-state index in [0.717, 1.165) is 17.7 Å². The van der Waals surface area contributed by atoms with Crippen molar-refractivity contribution in [3.8, 4) is 0 Å². The summed E-state index contributed by atoms with van der Waals surface area (Å²) >= 11 is 12.0. The molecule has 1 aliphatic rings. The van der Waals surface area contributed by atoms with Gasteiger partial charge >= 0.3 is 0 Å². The lowest BCUT2D eigenvalue weighted by atomic mass is 10.0. The highest BCUT2D eigenvalue weighted by Gasteiger charge is 2.07. The summed E-state index contributed by atoms with van der Waals surface area (Å²) in [6.07, 6.45) is 5.98. The first kappa shape index (κ1) is 9.63. The molecule has 1 heterocycles. The Labute approximate surface area is 93.0 Å². The molecule has 0 atom stereocenters. The van der Waals surface area contributed by atoms with Gasteiger partial charge in [0.2, 0.25) is 0 Å². The van der Waals surface area contributed by atoms with Crippen molar-refractivity contribution >= 4 is 28.8 Å². The predicted molar refractivity (Wildman–Crippen MR) is 61.6 cm³/mol. The molecule has 0 amide bonds. The van der Waals surface area contributed by atoms with Crippen molar-refractivity contribution in [3.63, 3.8) is 0 Å². The van der Waals surface area contributed by atoms with Gasteiger partial charge in [0.1, 0.15) is 0 Å². The second-order valence-electron chi connectivity index (χ2n) is 3.00. The van der Waals surface area contributed by atoms with Crippen molar-refractivity contribution in [2.24, 2.45) is 0 Å². The van der Waals surface area contributed by atoms with E-state index in [9.17, 15) is 0 Å². The van der Waals surface area contributed by atoms with Gasteiger partial charge in [0.05, 0.1) is 10.0 Å². The molecule has 0 spiro atoms. The first-order valence-corrected chi connectivity index (χ1v) is 5.09. The van der Waals surface area contributed by atoms with Crippen molar-refractivity contribution in [1.82, 2.24) is 5.32 Å². The van der Waals surface area contributed by atoms with Gasteiger partial charge in [-0.3, -0.25) is 0 Å². The number of rotatable bonds is 1. The van der Waals surface area contributed by atoms with Gasteiger partial charge in [0, 0.05) is 12.1 Å². The van der Waals surface area contributed by atoms with Crippen LogP contribution in [-0.4, -0.2) is 6.54 Å². The largest absolute Gasteiger partial charge is 0.387 e. The fourth-order valence-corrected chi connectivity index (χ4v) is 1.79. The monoisotopic (exact) mass is 225 g/mol. The number of hydrogen-bond donors (Lipinski definition) is 1. The van der Waals surface area contributed by atoms with E-state index < -0.39 is 0 Å². The first-order valence-electron chi connectivity index (χ1n) is 4.33. The minimum atomic E-state index is 0.594. The Kier molecular flexibility index (Phi) is 2.80. The van der Waals surface area contributed by atoms with Crippen LogP contribution in [0.3, 0.4) is 0 Å². The van der Waals surface area contributed by atoms with Gasteiger partial charge in [-0.15, -0.1) is 0 Å². The Bertz CT molecular complexity index is 408. The van der Waals surface area contributed by atoms with Crippen LogP contribution in [0.25, 0.3) is 5.57 Å². The van der Waals surface area contributed by atoms with E-state index in [2.05, 4.69) is 11.4 Å². The van der Waals surface area contributed by atoms with Crippen molar-refractivity contribution in [2.75, 3.05) is 6.54 Å². The van der Waals surface area contributed by atoms with Gasteiger partial charge in [0.25, 0.3) is 0 Å². The Morgan fingerprint density at radius 1 is 1.21 bits per heavy atom. The number of hydrogen-bond acceptors (Lipinski definition) is 1. The van der Waals surface area contributed by atoms with Crippen LogP contribution in [0, 0.1) is 0 Å². The molecule has 0 bridgehead atoms. The van der Waals surface area contributed by atoms with Crippen molar-refractivity contribution in [1.29, 1.82) is 0 Å². The highest BCUT2D eigenvalue weighted by Crippen LogP contribution is 2.31. The SMILES string of the molecule is Clc1cccc(C2=CCNC=C2)c1Cl. The number of dihydropyridines is 1. The molecule has 0 aromatic heterocycles. The van der Waals surface area contributed by atoms with Crippen molar-refractivity contribution < 1.29 is 0 Å². The molecule has 14 heavy (non-hydrogen) atoms. The van der Waals surface area contributed by atoms with Crippen LogP contribution in [0.4, 0.5) is 0 Å². The summed E-state index contributed by atoms with van der Waals surface area (Å²) in [5, 5.41) is 4.30. The van der Waals surface area contributed by atoms with Crippen LogP contribution in [0.2, 0.25) is 10.0 Å². The molecular weight excluding hydrogens is 217 g/mol. The van der Waals surface area contributed by atoms with Crippen molar-refractivity contribution in [2.45, 2.75) is 0 Å². The second-order valence-corrected chi connectivity index (χ2v) is 3.79.